The first-order valence-electron chi connectivity index (χ1n) is 7.13. The lowest BCUT2D eigenvalue weighted by molar-refractivity contribution is -0.126. The number of hydrogen-bond acceptors (Lipinski definition) is 5. The standard InChI is InChI=1S/C14H23N5O/c1-11(2)17-14(20)12(3)18-6-8-19(9-7-18)13-10-15-4-5-16-13/h4-5,10-12H,6-9H2,1-3H3,(H,17,20). The van der Waals surface area contributed by atoms with Crippen LogP contribution in [-0.2, 0) is 4.79 Å². The van der Waals surface area contributed by atoms with Gasteiger partial charge in [0.15, 0.2) is 0 Å². The van der Waals surface area contributed by atoms with Crippen molar-refractivity contribution in [3.63, 3.8) is 0 Å². The number of nitrogens with one attached hydrogen (secondary N) is 1. The summed E-state index contributed by atoms with van der Waals surface area (Å²) in [5, 5.41) is 2.97. The van der Waals surface area contributed by atoms with Gasteiger partial charge in [-0.2, -0.15) is 0 Å². The third-order valence-corrected chi connectivity index (χ3v) is 3.55. The molecule has 0 saturated carbocycles. The molecule has 1 amide bonds. The Labute approximate surface area is 120 Å². The molecule has 1 N–H and O–H groups in total. The molecule has 0 spiro atoms. The maximum absolute atomic E-state index is 12.0. The van der Waals surface area contributed by atoms with Crippen molar-refractivity contribution >= 4 is 11.7 Å². The molecule has 6 heteroatoms. The largest absolute Gasteiger partial charge is 0.353 e. The van der Waals surface area contributed by atoms with Gasteiger partial charge in [0.05, 0.1) is 12.2 Å². The van der Waals surface area contributed by atoms with Crippen LogP contribution in [0.1, 0.15) is 20.8 Å². The fourth-order valence-corrected chi connectivity index (χ4v) is 2.36. The zero-order valence-corrected chi connectivity index (χ0v) is 12.4. The van der Waals surface area contributed by atoms with Gasteiger partial charge in [-0.1, -0.05) is 0 Å². The number of piperazine rings is 1. The lowest BCUT2D eigenvalue weighted by Crippen LogP contribution is -2.54. The maximum Gasteiger partial charge on any atom is 0.237 e. The molecule has 0 aromatic carbocycles. The molecule has 110 valence electrons. The molecule has 2 rings (SSSR count). The van der Waals surface area contributed by atoms with E-state index in [2.05, 4.69) is 25.1 Å². The number of nitrogens with zero attached hydrogens (tertiary/aromatic N) is 4. The Kier molecular flexibility index (Phi) is 4.89. The molecular formula is C14H23N5O. The number of hydrogen-bond donors (Lipinski definition) is 1. The van der Waals surface area contributed by atoms with E-state index in [0.29, 0.717) is 0 Å². The smallest absolute Gasteiger partial charge is 0.237 e. The predicted molar refractivity (Wildman–Crippen MR) is 78.6 cm³/mol. The summed E-state index contributed by atoms with van der Waals surface area (Å²) in [4.78, 5) is 24.8. The summed E-state index contributed by atoms with van der Waals surface area (Å²) in [6.07, 6.45) is 5.17. The topological polar surface area (TPSA) is 61.4 Å². The van der Waals surface area contributed by atoms with E-state index in [1.807, 2.05) is 20.8 Å². The minimum Gasteiger partial charge on any atom is -0.353 e. The highest BCUT2D eigenvalue weighted by atomic mass is 16.2. The van der Waals surface area contributed by atoms with Crippen molar-refractivity contribution in [2.45, 2.75) is 32.9 Å². The van der Waals surface area contributed by atoms with Crippen LogP contribution in [0, 0.1) is 0 Å². The second-order valence-electron chi connectivity index (χ2n) is 5.43. The van der Waals surface area contributed by atoms with E-state index in [-0.39, 0.29) is 18.0 Å². The van der Waals surface area contributed by atoms with E-state index < -0.39 is 0 Å². The Balaban J connectivity index is 1.86. The fourth-order valence-electron chi connectivity index (χ4n) is 2.36. The minimum absolute atomic E-state index is 0.0820. The maximum atomic E-state index is 12.0. The first-order chi connectivity index (χ1) is 9.58. The van der Waals surface area contributed by atoms with Gasteiger partial charge in [0, 0.05) is 44.6 Å². The molecule has 1 atom stereocenters. The summed E-state index contributed by atoms with van der Waals surface area (Å²) in [7, 11) is 0. The van der Waals surface area contributed by atoms with Crippen LogP contribution in [0.25, 0.3) is 0 Å². The van der Waals surface area contributed by atoms with Crippen LogP contribution in [0.5, 0.6) is 0 Å². The Hall–Kier alpha value is -1.69. The van der Waals surface area contributed by atoms with Gasteiger partial charge in [0.2, 0.25) is 5.91 Å². The molecule has 1 fully saturated rings. The summed E-state index contributed by atoms with van der Waals surface area (Å²) in [5.41, 5.74) is 0. The molecule has 0 aliphatic carbocycles. The average molecular weight is 277 g/mol. The van der Waals surface area contributed by atoms with Crippen LogP contribution in [0.4, 0.5) is 5.82 Å². The van der Waals surface area contributed by atoms with Crippen LogP contribution in [-0.4, -0.2) is 59.0 Å². The van der Waals surface area contributed by atoms with Gasteiger partial charge in [-0.15, -0.1) is 0 Å². The normalized spacial score (nSPS) is 18.1. The highest BCUT2D eigenvalue weighted by Crippen LogP contribution is 2.13. The fraction of sp³-hybridized carbons (Fsp3) is 0.643. The molecule has 1 aliphatic rings. The zero-order valence-electron chi connectivity index (χ0n) is 12.4. The SMILES string of the molecule is CC(C)NC(=O)C(C)N1CCN(c2cnccn2)CC1. The summed E-state index contributed by atoms with van der Waals surface area (Å²) >= 11 is 0. The first kappa shape index (κ1) is 14.7. The number of carbonyl (C=O) groups excluding carboxylic acids is 1. The molecule has 1 saturated heterocycles. The van der Waals surface area contributed by atoms with Gasteiger partial charge in [-0.05, 0) is 20.8 Å². The Bertz CT molecular complexity index is 428. The lowest BCUT2D eigenvalue weighted by Gasteiger charge is -2.37. The Morgan fingerprint density at radius 1 is 1.20 bits per heavy atom. The third-order valence-electron chi connectivity index (χ3n) is 3.55. The molecule has 1 aliphatic heterocycles. The number of anilines is 1. The van der Waals surface area contributed by atoms with E-state index in [9.17, 15) is 4.79 Å². The van der Waals surface area contributed by atoms with Crippen molar-refractivity contribution < 1.29 is 4.79 Å². The summed E-state index contributed by atoms with van der Waals surface area (Å²) in [6.45, 7) is 9.41. The van der Waals surface area contributed by atoms with Gasteiger partial charge in [0.25, 0.3) is 0 Å². The van der Waals surface area contributed by atoms with Gasteiger partial charge in [-0.3, -0.25) is 14.7 Å². The second kappa shape index (κ2) is 6.65. The van der Waals surface area contributed by atoms with Crippen molar-refractivity contribution in [3.8, 4) is 0 Å². The Morgan fingerprint density at radius 3 is 2.45 bits per heavy atom. The van der Waals surface area contributed by atoms with Crippen molar-refractivity contribution in [1.82, 2.24) is 20.2 Å². The van der Waals surface area contributed by atoms with Crippen molar-refractivity contribution in [2.24, 2.45) is 0 Å². The third kappa shape index (κ3) is 3.66. The van der Waals surface area contributed by atoms with Crippen molar-refractivity contribution in [3.05, 3.63) is 18.6 Å². The van der Waals surface area contributed by atoms with Crippen LogP contribution < -0.4 is 10.2 Å². The van der Waals surface area contributed by atoms with Crippen LogP contribution in [0.2, 0.25) is 0 Å². The van der Waals surface area contributed by atoms with E-state index in [0.717, 1.165) is 32.0 Å². The van der Waals surface area contributed by atoms with Gasteiger partial charge in [-0.25, -0.2) is 4.98 Å². The number of aromatic nitrogens is 2. The van der Waals surface area contributed by atoms with Crippen LogP contribution in [0.3, 0.4) is 0 Å². The van der Waals surface area contributed by atoms with Crippen molar-refractivity contribution in [1.29, 1.82) is 0 Å². The predicted octanol–water partition coefficient (Wildman–Crippen LogP) is 0.512. The molecule has 1 aromatic heterocycles. The molecule has 1 unspecified atom stereocenters. The Morgan fingerprint density at radius 2 is 1.90 bits per heavy atom. The number of carbonyl (C=O) groups is 1. The van der Waals surface area contributed by atoms with Crippen LogP contribution >= 0.6 is 0 Å². The zero-order chi connectivity index (χ0) is 14.5. The molecule has 0 radical (unpaired) electrons. The average Bonchev–Trinajstić information content (AvgIpc) is 2.47. The van der Waals surface area contributed by atoms with Crippen LogP contribution in [0.15, 0.2) is 18.6 Å². The second-order valence-corrected chi connectivity index (χ2v) is 5.43. The molecule has 1 aromatic rings. The molecule has 0 bridgehead atoms. The summed E-state index contributed by atoms with van der Waals surface area (Å²) in [5.74, 6) is 1.01. The van der Waals surface area contributed by atoms with Gasteiger partial charge in [0.1, 0.15) is 5.82 Å². The van der Waals surface area contributed by atoms with Crippen molar-refractivity contribution in [2.75, 3.05) is 31.1 Å². The molecule has 2 heterocycles. The quantitative estimate of drug-likeness (QED) is 0.869. The summed E-state index contributed by atoms with van der Waals surface area (Å²) in [6, 6.07) is 0.104. The number of amides is 1. The molecule has 20 heavy (non-hydrogen) atoms. The molecular weight excluding hydrogens is 254 g/mol. The minimum atomic E-state index is -0.0820. The first-order valence-corrected chi connectivity index (χ1v) is 7.13. The van der Waals surface area contributed by atoms with Gasteiger partial charge < -0.3 is 10.2 Å². The highest BCUT2D eigenvalue weighted by molar-refractivity contribution is 5.81. The monoisotopic (exact) mass is 277 g/mol. The van der Waals surface area contributed by atoms with E-state index in [4.69, 9.17) is 0 Å². The number of rotatable bonds is 4. The summed E-state index contributed by atoms with van der Waals surface area (Å²) < 4.78 is 0. The molecule has 6 nitrogen and oxygen atoms in total. The van der Waals surface area contributed by atoms with E-state index in [1.165, 1.54) is 0 Å². The lowest BCUT2D eigenvalue weighted by atomic mass is 10.2. The van der Waals surface area contributed by atoms with E-state index in [1.54, 1.807) is 18.6 Å². The van der Waals surface area contributed by atoms with Gasteiger partial charge >= 0.3 is 0 Å². The highest BCUT2D eigenvalue weighted by Gasteiger charge is 2.26. The van der Waals surface area contributed by atoms with E-state index >= 15 is 0 Å².